The molecule has 98 valence electrons. The molecule has 0 saturated carbocycles. The molecule has 0 amide bonds. The third-order valence-electron chi connectivity index (χ3n) is 3.17. The molecule has 1 aromatic rings. The first-order valence-corrected chi connectivity index (χ1v) is 8.43. The molecule has 0 unspecified atom stereocenters. The van der Waals surface area contributed by atoms with Crippen LogP contribution in [0, 0.1) is 5.92 Å². The fourth-order valence-electron chi connectivity index (χ4n) is 2.08. The summed E-state index contributed by atoms with van der Waals surface area (Å²) in [6, 6.07) is 5.98. The first-order valence-electron chi connectivity index (χ1n) is 6.08. The van der Waals surface area contributed by atoms with Gasteiger partial charge in [-0.2, -0.15) is 11.8 Å². The van der Waals surface area contributed by atoms with Gasteiger partial charge in [-0.15, -0.1) is 0 Å². The second-order valence-electron chi connectivity index (χ2n) is 4.49. The number of hydrogen-bond acceptors (Lipinski definition) is 3. The number of thiocarbonyl (C=S) groups is 1. The minimum Gasteiger partial charge on any atom is -0.389 e. The van der Waals surface area contributed by atoms with Crippen LogP contribution >= 0.6 is 39.9 Å². The molecule has 0 bridgehead atoms. The van der Waals surface area contributed by atoms with Crippen LogP contribution < -0.4 is 11.1 Å². The molecular weight excluding hydrogens is 328 g/mol. The van der Waals surface area contributed by atoms with Crippen molar-refractivity contribution in [1.82, 2.24) is 0 Å². The molecule has 0 radical (unpaired) electrons. The van der Waals surface area contributed by atoms with E-state index in [9.17, 15) is 0 Å². The van der Waals surface area contributed by atoms with Crippen LogP contribution in [0.4, 0.5) is 5.69 Å². The van der Waals surface area contributed by atoms with Crippen LogP contribution in [-0.4, -0.2) is 23.0 Å². The van der Waals surface area contributed by atoms with E-state index in [4.69, 9.17) is 18.0 Å². The fourth-order valence-corrected chi connectivity index (χ4v) is 3.83. The lowest BCUT2D eigenvalue weighted by Gasteiger charge is -2.22. The van der Waals surface area contributed by atoms with Crippen LogP contribution in [0.2, 0.25) is 0 Å². The smallest absolute Gasteiger partial charge is 0.106 e. The molecule has 18 heavy (non-hydrogen) atoms. The van der Waals surface area contributed by atoms with Crippen LogP contribution in [0.25, 0.3) is 0 Å². The van der Waals surface area contributed by atoms with E-state index < -0.39 is 0 Å². The highest BCUT2D eigenvalue weighted by Gasteiger charge is 2.14. The third-order valence-corrected chi connectivity index (χ3v) is 4.93. The summed E-state index contributed by atoms with van der Waals surface area (Å²) in [6.07, 6.45) is 2.60. The lowest BCUT2D eigenvalue weighted by Crippen LogP contribution is -2.21. The molecular formula is C13H17BrN2S2. The van der Waals surface area contributed by atoms with Crippen molar-refractivity contribution in [2.75, 3.05) is 23.4 Å². The number of anilines is 1. The molecule has 0 aliphatic carbocycles. The molecule has 1 saturated heterocycles. The quantitative estimate of drug-likeness (QED) is 0.817. The monoisotopic (exact) mass is 344 g/mol. The van der Waals surface area contributed by atoms with Crippen LogP contribution in [0.15, 0.2) is 22.7 Å². The van der Waals surface area contributed by atoms with Gasteiger partial charge in [-0.3, -0.25) is 0 Å². The van der Waals surface area contributed by atoms with E-state index in [1.165, 1.54) is 24.3 Å². The summed E-state index contributed by atoms with van der Waals surface area (Å²) in [6.45, 7) is 1.01. The SMILES string of the molecule is NC(=S)c1ccc(Br)cc1NCC1CCSCC1. The fraction of sp³-hybridized carbons (Fsp3) is 0.462. The first kappa shape index (κ1) is 14.2. The van der Waals surface area contributed by atoms with E-state index in [2.05, 4.69) is 33.0 Å². The van der Waals surface area contributed by atoms with E-state index in [0.717, 1.165) is 28.2 Å². The molecule has 0 atom stereocenters. The number of benzene rings is 1. The van der Waals surface area contributed by atoms with Gasteiger partial charge < -0.3 is 11.1 Å². The highest BCUT2D eigenvalue weighted by molar-refractivity contribution is 9.10. The van der Waals surface area contributed by atoms with Crippen LogP contribution in [0.3, 0.4) is 0 Å². The molecule has 1 fully saturated rings. The first-order chi connectivity index (χ1) is 8.66. The molecule has 0 spiro atoms. The van der Waals surface area contributed by atoms with Crippen LogP contribution in [0.1, 0.15) is 18.4 Å². The van der Waals surface area contributed by atoms with E-state index in [1.54, 1.807) is 0 Å². The Morgan fingerprint density at radius 2 is 2.17 bits per heavy atom. The number of rotatable bonds is 4. The van der Waals surface area contributed by atoms with Crippen molar-refractivity contribution >= 4 is 50.6 Å². The normalized spacial score (nSPS) is 16.5. The summed E-state index contributed by atoms with van der Waals surface area (Å²) in [5.41, 5.74) is 7.71. The van der Waals surface area contributed by atoms with Gasteiger partial charge in [0.1, 0.15) is 4.99 Å². The Bertz CT molecular complexity index is 431. The Morgan fingerprint density at radius 3 is 2.83 bits per heavy atom. The van der Waals surface area contributed by atoms with E-state index >= 15 is 0 Å². The Balaban J connectivity index is 2.03. The van der Waals surface area contributed by atoms with Gasteiger partial charge >= 0.3 is 0 Å². The van der Waals surface area contributed by atoms with Gasteiger partial charge in [0.15, 0.2) is 0 Å². The van der Waals surface area contributed by atoms with Gasteiger partial charge in [0.2, 0.25) is 0 Å². The number of nitrogens with two attached hydrogens (primary N) is 1. The van der Waals surface area contributed by atoms with Gasteiger partial charge in [0.25, 0.3) is 0 Å². The summed E-state index contributed by atoms with van der Waals surface area (Å²) >= 11 is 10.6. The zero-order chi connectivity index (χ0) is 13.0. The summed E-state index contributed by atoms with van der Waals surface area (Å²) in [4.78, 5) is 0.448. The predicted molar refractivity (Wildman–Crippen MR) is 88.6 cm³/mol. The Kier molecular flexibility index (Phi) is 5.33. The van der Waals surface area contributed by atoms with Gasteiger partial charge in [-0.25, -0.2) is 0 Å². The summed E-state index contributed by atoms with van der Waals surface area (Å²) in [5, 5.41) is 3.50. The molecule has 1 aliphatic heterocycles. The van der Waals surface area contributed by atoms with Crippen LogP contribution in [-0.2, 0) is 0 Å². The van der Waals surface area contributed by atoms with Crippen molar-refractivity contribution in [2.24, 2.45) is 11.7 Å². The van der Waals surface area contributed by atoms with Gasteiger partial charge in [-0.05, 0) is 48.5 Å². The maximum Gasteiger partial charge on any atom is 0.106 e. The minimum atomic E-state index is 0.448. The second kappa shape index (κ2) is 6.78. The summed E-state index contributed by atoms with van der Waals surface area (Å²) < 4.78 is 1.05. The van der Waals surface area contributed by atoms with Gasteiger partial charge in [0.05, 0.1) is 0 Å². The van der Waals surface area contributed by atoms with Gasteiger partial charge in [-0.1, -0.05) is 28.1 Å². The van der Waals surface area contributed by atoms with Crippen molar-refractivity contribution in [3.05, 3.63) is 28.2 Å². The molecule has 1 aromatic carbocycles. The zero-order valence-corrected chi connectivity index (χ0v) is 13.3. The maximum atomic E-state index is 5.75. The topological polar surface area (TPSA) is 38.0 Å². The largest absolute Gasteiger partial charge is 0.389 e. The Morgan fingerprint density at radius 1 is 1.44 bits per heavy atom. The second-order valence-corrected chi connectivity index (χ2v) is 7.07. The number of hydrogen-bond donors (Lipinski definition) is 2. The number of nitrogens with one attached hydrogen (secondary N) is 1. The zero-order valence-electron chi connectivity index (χ0n) is 10.1. The molecule has 2 rings (SSSR count). The molecule has 0 aromatic heterocycles. The van der Waals surface area contributed by atoms with Crippen molar-refractivity contribution in [3.63, 3.8) is 0 Å². The molecule has 2 nitrogen and oxygen atoms in total. The maximum absolute atomic E-state index is 5.75. The molecule has 1 heterocycles. The highest BCUT2D eigenvalue weighted by atomic mass is 79.9. The molecule has 3 N–H and O–H groups in total. The number of thioether (sulfide) groups is 1. The third kappa shape index (κ3) is 3.87. The average molecular weight is 345 g/mol. The lowest BCUT2D eigenvalue weighted by molar-refractivity contribution is 0.516. The Hall–Kier alpha value is -0.260. The lowest BCUT2D eigenvalue weighted by atomic mass is 10.0. The minimum absolute atomic E-state index is 0.448. The summed E-state index contributed by atoms with van der Waals surface area (Å²) in [7, 11) is 0. The van der Waals surface area contributed by atoms with Crippen molar-refractivity contribution < 1.29 is 0 Å². The number of halogens is 1. The Labute approximate surface area is 126 Å². The van der Waals surface area contributed by atoms with E-state index in [1.807, 2.05) is 18.2 Å². The van der Waals surface area contributed by atoms with E-state index in [-0.39, 0.29) is 0 Å². The molecule has 5 heteroatoms. The molecule has 1 aliphatic rings. The van der Waals surface area contributed by atoms with E-state index in [0.29, 0.717) is 4.99 Å². The van der Waals surface area contributed by atoms with Crippen molar-refractivity contribution in [2.45, 2.75) is 12.8 Å². The van der Waals surface area contributed by atoms with Crippen LogP contribution in [0.5, 0.6) is 0 Å². The highest BCUT2D eigenvalue weighted by Crippen LogP contribution is 2.25. The standard InChI is InChI=1S/C13H17BrN2S2/c14-10-1-2-11(13(15)17)12(7-10)16-8-9-3-5-18-6-4-9/h1-2,7,9,16H,3-6,8H2,(H2,15,17). The predicted octanol–water partition coefficient (Wildman–Crippen LogP) is 3.64. The van der Waals surface area contributed by atoms with Crippen molar-refractivity contribution in [3.8, 4) is 0 Å². The van der Waals surface area contributed by atoms with Crippen molar-refractivity contribution in [1.29, 1.82) is 0 Å². The average Bonchev–Trinajstić information content (AvgIpc) is 2.37. The summed E-state index contributed by atoms with van der Waals surface area (Å²) in [5.74, 6) is 3.34. The van der Waals surface area contributed by atoms with Gasteiger partial charge in [0, 0.05) is 22.3 Å².